The Bertz CT molecular complexity index is 682. The van der Waals surface area contributed by atoms with E-state index in [9.17, 15) is 4.79 Å². The van der Waals surface area contributed by atoms with Crippen molar-refractivity contribution in [3.05, 3.63) is 59.3 Å². The van der Waals surface area contributed by atoms with Crippen LogP contribution in [-0.2, 0) is 0 Å². The number of hydrogen-bond donors (Lipinski definition) is 2. The Morgan fingerprint density at radius 3 is 2.76 bits per heavy atom. The van der Waals surface area contributed by atoms with E-state index in [1.807, 2.05) is 19.1 Å². The summed E-state index contributed by atoms with van der Waals surface area (Å²) in [6.45, 7) is 2.01. The van der Waals surface area contributed by atoms with Crippen LogP contribution < -0.4 is 5.32 Å². The third-order valence-corrected chi connectivity index (χ3v) is 2.78. The number of pyridine rings is 1. The van der Waals surface area contributed by atoms with Crippen LogP contribution in [0.3, 0.4) is 0 Å². The van der Waals surface area contributed by atoms with Gasteiger partial charge in [0.2, 0.25) is 0 Å². The molecule has 1 amide bonds. The molecular formula is C17H16N2O2. The van der Waals surface area contributed by atoms with E-state index in [0.717, 1.165) is 11.1 Å². The van der Waals surface area contributed by atoms with Crippen molar-refractivity contribution in [2.24, 2.45) is 0 Å². The zero-order valence-corrected chi connectivity index (χ0v) is 11.8. The number of nitrogens with one attached hydrogen (secondary N) is 1. The number of aliphatic hydroxyl groups is 1. The summed E-state index contributed by atoms with van der Waals surface area (Å²) < 4.78 is 0. The maximum Gasteiger partial charge on any atom is 0.256 e. The highest BCUT2D eigenvalue weighted by molar-refractivity contribution is 6.03. The molecule has 2 aromatic rings. The highest BCUT2D eigenvalue weighted by Crippen LogP contribution is 2.09. The number of hydrogen-bond acceptors (Lipinski definition) is 3. The van der Waals surface area contributed by atoms with Crippen molar-refractivity contribution in [2.45, 2.75) is 13.3 Å². The van der Waals surface area contributed by atoms with Crippen molar-refractivity contribution < 1.29 is 9.90 Å². The van der Waals surface area contributed by atoms with Gasteiger partial charge in [-0.25, -0.2) is 4.98 Å². The van der Waals surface area contributed by atoms with Crippen LogP contribution in [0.15, 0.2) is 42.6 Å². The average molecular weight is 280 g/mol. The summed E-state index contributed by atoms with van der Waals surface area (Å²) in [5.41, 5.74) is 2.43. The predicted molar refractivity (Wildman–Crippen MR) is 82.0 cm³/mol. The van der Waals surface area contributed by atoms with Crippen LogP contribution in [0.4, 0.5) is 5.82 Å². The van der Waals surface area contributed by atoms with Gasteiger partial charge in [-0.05, 0) is 31.2 Å². The van der Waals surface area contributed by atoms with Gasteiger partial charge in [0, 0.05) is 23.7 Å². The highest BCUT2D eigenvalue weighted by Gasteiger charge is 2.06. The smallest absolute Gasteiger partial charge is 0.256 e. The lowest BCUT2D eigenvalue weighted by atomic mass is 10.1. The zero-order chi connectivity index (χ0) is 15.1. The fourth-order valence-corrected chi connectivity index (χ4v) is 1.69. The summed E-state index contributed by atoms with van der Waals surface area (Å²) in [6.07, 6.45) is 2.01. The first-order valence-corrected chi connectivity index (χ1v) is 6.63. The standard InChI is InChI=1S/C17H16N2O2/c1-13-5-7-15(8-6-13)17(21)19-16-12-14(9-10-18-16)4-2-3-11-20/h5-10,12,20H,3,11H2,1H3,(H,18,19,21). The number of aromatic nitrogens is 1. The van der Waals surface area contributed by atoms with Crippen molar-refractivity contribution in [1.29, 1.82) is 0 Å². The van der Waals surface area contributed by atoms with Crippen molar-refractivity contribution in [3.8, 4) is 11.8 Å². The number of rotatable bonds is 3. The monoisotopic (exact) mass is 280 g/mol. The molecule has 2 rings (SSSR count). The van der Waals surface area contributed by atoms with Gasteiger partial charge in [-0.1, -0.05) is 29.5 Å². The Morgan fingerprint density at radius 1 is 1.29 bits per heavy atom. The average Bonchev–Trinajstić information content (AvgIpc) is 2.48. The van der Waals surface area contributed by atoms with Gasteiger partial charge in [-0.3, -0.25) is 4.79 Å². The molecule has 106 valence electrons. The fourth-order valence-electron chi connectivity index (χ4n) is 1.69. The minimum atomic E-state index is -0.206. The third kappa shape index (κ3) is 4.44. The Kier molecular flexibility index (Phi) is 5.08. The van der Waals surface area contributed by atoms with Crippen LogP contribution in [0.1, 0.15) is 27.9 Å². The van der Waals surface area contributed by atoms with Gasteiger partial charge < -0.3 is 10.4 Å². The molecule has 0 aliphatic heterocycles. The molecule has 0 atom stereocenters. The maximum atomic E-state index is 12.1. The largest absolute Gasteiger partial charge is 0.395 e. The second kappa shape index (κ2) is 7.22. The van der Waals surface area contributed by atoms with E-state index in [0.29, 0.717) is 17.8 Å². The van der Waals surface area contributed by atoms with E-state index in [1.165, 1.54) is 0 Å². The summed E-state index contributed by atoms with van der Waals surface area (Å²) in [5, 5.41) is 11.4. The topological polar surface area (TPSA) is 62.2 Å². The third-order valence-electron chi connectivity index (χ3n) is 2.78. The van der Waals surface area contributed by atoms with E-state index >= 15 is 0 Å². The van der Waals surface area contributed by atoms with Gasteiger partial charge in [-0.15, -0.1) is 0 Å². The van der Waals surface area contributed by atoms with E-state index < -0.39 is 0 Å². The SMILES string of the molecule is Cc1ccc(C(=O)Nc2cc(C#CCCO)ccn2)cc1. The number of aliphatic hydroxyl groups excluding tert-OH is 1. The normalized spacial score (nSPS) is 9.62. The number of nitrogens with zero attached hydrogens (tertiary/aromatic N) is 1. The van der Waals surface area contributed by atoms with Crippen LogP contribution >= 0.6 is 0 Å². The Balaban J connectivity index is 2.09. The van der Waals surface area contributed by atoms with E-state index in [-0.39, 0.29) is 12.5 Å². The number of carbonyl (C=O) groups is 1. The lowest BCUT2D eigenvalue weighted by Crippen LogP contribution is -2.12. The van der Waals surface area contributed by atoms with Gasteiger partial charge in [0.05, 0.1) is 6.61 Å². The number of amides is 1. The number of anilines is 1. The van der Waals surface area contributed by atoms with Crippen LogP contribution in [0.2, 0.25) is 0 Å². The molecule has 0 radical (unpaired) electrons. The summed E-state index contributed by atoms with van der Waals surface area (Å²) in [5.74, 6) is 5.98. The first kappa shape index (κ1) is 14.8. The predicted octanol–water partition coefficient (Wildman–Crippen LogP) is 2.38. The lowest BCUT2D eigenvalue weighted by Gasteiger charge is -2.05. The molecule has 0 spiro atoms. The minimum absolute atomic E-state index is 0.0368. The van der Waals surface area contributed by atoms with Gasteiger partial charge in [-0.2, -0.15) is 0 Å². The second-order valence-electron chi connectivity index (χ2n) is 4.53. The summed E-state index contributed by atoms with van der Waals surface area (Å²) in [7, 11) is 0. The van der Waals surface area contributed by atoms with Crippen molar-refractivity contribution in [3.63, 3.8) is 0 Å². The molecule has 0 fully saturated rings. The molecule has 21 heavy (non-hydrogen) atoms. The molecule has 0 aliphatic rings. The number of aryl methyl sites for hydroxylation is 1. The Labute approximate surface area is 123 Å². The van der Waals surface area contributed by atoms with Crippen LogP contribution in [0.5, 0.6) is 0 Å². The molecule has 0 aliphatic carbocycles. The molecule has 2 N–H and O–H groups in total. The van der Waals surface area contributed by atoms with Gasteiger partial charge in [0.25, 0.3) is 5.91 Å². The maximum absolute atomic E-state index is 12.1. The molecule has 0 bridgehead atoms. The first-order valence-electron chi connectivity index (χ1n) is 6.63. The number of benzene rings is 1. The second-order valence-corrected chi connectivity index (χ2v) is 4.53. The summed E-state index contributed by atoms with van der Waals surface area (Å²) in [4.78, 5) is 16.2. The van der Waals surface area contributed by atoms with E-state index in [4.69, 9.17) is 5.11 Å². The summed E-state index contributed by atoms with van der Waals surface area (Å²) in [6, 6.07) is 10.8. The Morgan fingerprint density at radius 2 is 2.05 bits per heavy atom. The van der Waals surface area contributed by atoms with Gasteiger partial charge in [0.15, 0.2) is 0 Å². The molecule has 0 saturated heterocycles. The molecular weight excluding hydrogens is 264 g/mol. The molecule has 1 aromatic heterocycles. The van der Waals surface area contributed by atoms with Crippen LogP contribution in [-0.4, -0.2) is 22.6 Å². The van der Waals surface area contributed by atoms with Crippen molar-refractivity contribution in [2.75, 3.05) is 11.9 Å². The molecule has 0 unspecified atom stereocenters. The van der Waals surface area contributed by atoms with E-state index in [1.54, 1.807) is 30.5 Å². The Hall–Kier alpha value is -2.64. The van der Waals surface area contributed by atoms with Crippen molar-refractivity contribution in [1.82, 2.24) is 4.98 Å². The molecule has 4 heteroatoms. The van der Waals surface area contributed by atoms with Gasteiger partial charge in [0.1, 0.15) is 5.82 Å². The molecule has 0 saturated carbocycles. The van der Waals surface area contributed by atoms with E-state index in [2.05, 4.69) is 22.1 Å². The molecule has 1 aromatic carbocycles. The number of carbonyl (C=O) groups excluding carboxylic acids is 1. The lowest BCUT2D eigenvalue weighted by molar-refractivity contribution is 0.102. The first-order chi connectivity index (χ1) is 10.2. The molecule has 1 heterocycles. The van der Waals surface area contributed by atoms with Crippen LogP contribution in [0, 0.1) is 18.8 Å². The van der Waals surface area contributed by atoms with Crippen molar-refractivity contribution >= 4 is 11.7 Å². The molecule has 4 nitrogen and oxygen atoms in total. The summed E-state index contributed by atoms with van der Waals surface area (Å²) >= 11 is 0. The fraction of sp³-hybridized carbons (Fsp3) is 0.176. The highest BCUT2D eigenvalue weighted by atomic mass is 16.2. The quantitative estimate of drug-likeness (QED) is 0.849. The van der Waals surface area contributed by atoms with Crippen LogP contribution in [0.25, 0.3) is 0 Å². The minimum Gasteiger partial charge on any atom is -0.395 e. The van der Waals surface area contributed by atoms with Gasteiger partial charge >= 0.3 is 0 Å². The zero-order valence-electron chi connectivity index (χ0n) is 11.8.